The third kappa shape index (κ3) is 3.67. The zero-order chi connectivity index (χ0) is 14.5. The van der Waals surface area contributed by atoms with E-state index in [1.807, 2.05) is 0 Å². The number of hydrogen-bond acceptors (Lipinski definition) is 1. The number of hydrogen-bond donors (Lipinski definition) is 2. The normalized spacial score (nSPS) is 23.9. The van der Waals surface area contributed by atoms with Gasteiger partial charge in [0.05, 0.1) is 12.1 Å². The lowest BCUT2D eigenvalue weighted by Gasteiger charge is -2.25. The van der Waals surface area contributed by atoms with Gasteiger partial charge in [-0.3, -0.25) is 4.79 Å². The molecule has 1 aliphatic carbocycles. The third-order valence-electron chi connectivity index (χ3n) is 3.98. The molecule has 1 saturated carbocycles. The van der Waals surface area contributed by atoms with Gasteiger partial charge in [0, 0.05) is 5.92 Å². The Morgan fingerprint density at radius 1 is 1.30 bits per heavy atom. The Morgan fingerprint density at radius 2 is 1.90 bits per heavy atom. The fourth-order valence-corrected chi connectivity index (χ4v) is 2.64. The summed E-state index contributed by atoms with van der Waals surface area (Å²) in [6.45, 7) is 3.75. The summed E-state index contributed by atoms with van der Waals surface area (Å²) >= 11 is 0. The molecule has 1 amide bonds. The molecule has 1 fully saturated rings. The topological polar surface area (TPSA) is 56.7 Å². The Morgan fingerprint density at radius 3 is 2.45 bits per heavy atom. The van der Waals surface area contributed by atoms with Crippen molar-refractivity contribution in [1.82, 2.24) is 5.32 Å². The highest BCUT2D eigenvalue weighted by Gasteiger charge is 2.27. The number of carbonyl (C=O) groups excluding carboxylic acids is 1. The molecule has 1 atom stereocenters. The van der Waals surface area contributed by atoms with Crippen LogP contribution in [0.3, 0.4) is 0 Å². The summed E-state index contributed by atoms with van der Waals surface area (Å²) in [6, 6.07) is 6.36. The Labute approximate surface area is 119 Å². The molecular weight excluding hydrogens is 255 g/mol. The summed E-state index contributed by atoms with van der Waals surface area (Å²) in [5.41, 5.74) is 4.89. The van der Waals surface area contributed by atoms with E-state index in [0.29, 0.717) is 6.04 Å². The standard InChI is InChI=1S/C16H21FN2O/c1-2-15(11-3-7-13(17)8-4-11)19-16(20)12-5-9-14(18)10-6-12/h2-4,7-8,12,14-15H,1,5-6,9-10,18H2,(H,19,20)/p+1/t12?,14?,15-/m1/s1. The van der Waals surface area contributed by atoms with Gasteiger partial charge in [-0.15, -0.1) is 6.58 Å². The summed E-state index contributed by atoms with van der Waals surface area (Å²) < 4.78 is 12.9. The number of nitrogens with one attached hydrogen (secondary N) is 1. The van der Waals surface area contributed by atoms with Gasteiger partial charge in [-0.25, -0.2) is 4.39 Å². The summed E-state index contributed by atoms with van der Waals surface area (Å²) in [7, 11) is 0. The van der Waals surface area contributed by atoms with Gasteiger partial charge < -0.3 is 11.1 Å². The number of quaternary nitrogens is 1. The predicted molar refractivity (Wildman–Crippen MR) is 76.1 cm³/mol. The van der Waals surface area contributed by atoms with E-state index in [1.54, 1.807) is 18.2 Å². The van der Waals surface area contributed by atoms with Crippen LogP contribution in [-0.2, 0) is 4.79 Å². The Kier molecular flexibility index (Phi) is 4.90. The first kappa shape index (κ1) is 14.7. The van der Waals surface area contributed by atoms with E-state index in [1.165, 1.54) is 12.1 Å². The molecule has 4 N–H and O–H groups in total. The quantitative estimate of drug-likeness (QED) is 0.812. The minimum absolute atomic E-state index is 0.0612. The largest absolute Gasteiger partial charge is 0.355 e. The molecule has 20 heavy (non-hydrogen) atoms. The highest BCUT2D eigenvalue weighted by molar-refractivity contribution is 5.79. The van der Waals surface area contributed by atoms with Crippen molar-refractivity contribution < 1.29 is 14.9 Å². The maximum atomic E-state index is 12.9. The first-order valence-corrected chi connectivity index (χ1v) is 7.11. The SMILES string of the molecule is C=C[C@@H](NC(=O)C1CCC([NH3+])CC1)c1ccc(F)cc1. The van der Waals surface area contributed by atoms with Crippen molar-refractivity contribution in [3.8, 4) is 0 Å². The maximum Gasteiger partial charge on any atom is 0.223 e. The van der Waals surface area contributed by atoms with E-state index in [9.17, 15) is 9.18 Å². The number of rotatable bonds is 4. The van der Waals surface area contributed by atoms with Crippen molar-refractivity contribution in [2.75, 3.05) is 0 Å². The Hall–Kier alpha value is -1.68. The van der Waals surface area contributed by atoms with Gasteiger partial charge in [-0.05, 0) is 43.4 Å². The van der Waals surface area contributed by atoms with Gasteiger partial charge in [0.15, 0.2) is 0 Å². The zero-order valence-corrected chi connectivity index (χ0v) is 11.6. The number of benzene rings is 1. The van der Waals surface area contributed by atoms with E-state index in [4.69, 9.17) is 0 Å². The predicted octanol–water partition coefficient (Wildman–Crippen LogP) is 1.97. The van der Waals surface area contributed by atoms with E-state index < -0.39 is 0 Å². The van der Waals surface area contributed by atoms with Crippen molar-refractivity contribution in [1.29, 1.82) is 0 Å². The van der Waals surface area contributed by atoms with Crippen molar-refractivity contribution >= 4 is 5.91 Å². The number of amides is 1. The Bertz CT molecular complexity index is 464. The minimum Gasteiger partial charge on any atom is -0.355 e. The molecule has 2 rings (SSSR count). The molecule has 0 bridgehead atoms. The summed E-state index contributed by atoms with van der Waals surface area (Å²) in [6.07, 6.45) is 5.49. The van der Waals surface area contributed by atoms with Gasteiger partial charge in [-0.1, -0.05) is 18.2 Å². The van der Waals surface area contributed by atoms with E-state index in [-0.39, 0.29) is 23.7 Å². The Balaban J connectivity index is 1.97. The average Bonchev–Trinajstić information content (AvgIpc) is 2.46. The second-order valence-electron chi connectivity index (χ2n) is 5.49. The molecule has 0 saturated heterocycles. The summed E-state index contributed by atoms with van der Waals surface area (Å²) in [4.78, 5) is 12.3. The first-order valence-electron chi connectivity index (χ1n) is 7.11. The zero-order valence-electron chi connectivity index (χ0n) is 11.6. The van der Waals surface area contributed by atoms with Gasteiger partial charge in [0.25, 0.3) is 0 Å². The van der Waals surface area contributed by atoms with Gasteiger partial charge in [0.1, 0.15) is 5.82 Å². The van der Waals surface area contributed by atoms with Gasteiger partial charge >= 0.3 is 0 Å². The lowest BCUT2D eigenvalue weighted by molar-refractivity contribution is -0.426. The molecule has 0 spiro atoms. The van der Waals surface area contributed by atoms with E-state index in [0.717, 1.165) is 31.2 Å². The van der Waals surface area contributed by atoms with E-state index >= 15 is 0 Å². The lowest BCUT2D eigenvalue weighted by atomic mass is 9.85. The molecule has 0 radical (unpaired) electrons. The van der Waals surface area contributed by atoms with Crippen molar-refractivity contribution in [2.24, 2.45) is 5.92 Å². The molecule has 1 aliphatic rings. The van der Waals surface area contributed by atoms with Crippen LogP contribution in [0.2, 0.25) is 0 Å². The highest BCUT2D eigenvalue weighted by Crippen LogP contribution is 2.24. The molecular formula is C16H22FN2O+. The lowest BCUT2D eigenvalue weighted by Crippen LogP contribution is -2.62. The molecule has 4 heteroatoms. The molecule has 108 valence electrons. The van der Waals surface area contributed by atoms with Crippen molar-refractivity contribution in [3.63, 3.8) is 0 Å². The van der Waals surface area contributed by atoms with Crippen LogP contribution < -0.4 is 11.1 Å². The van der Waals surface area contributed by atoms with Crippen LogP contribution >= 0.6 is 0 Å². The van der Waals surface area contributed by atoms with Crippen molar-refractivity contribution in [3.05, 3.63) is 48.3 Å². The molecule has 0 aliphatic heterocycles. The number of halogens is 1. The number of carbonyl (C=O) groups is 1. The molecule has 0 aromatic heterocycles. The first-order chi connectivity index (χ1) is 9.60. The smallest absolute Gasteiger partial charge is 0.223 e. The highest BCUT2D eigenvalue weighted by atomic mass is 19.1. The van der Waals surface area contributed by atoms with E-state index in [2.05, 4.69) is 17.6 Å². The van der Waals surface area contributed by atoms with Crippen molar-refractivity contribution in [2.45, 2.75) is 37.8 Å². The van der Waals surface area contributed by atoms with Gasteiger partial charge in [0.2, 0.25) is 5.91 Å². The third-order valence-corrected chi connectivity index (χ3v) is 3.98. The van der Waals surface area contributed by atoms with Crippen LogP contribution in [0.5, 0.6) is 0 Å². The fourth-order valence-electron chi connectivity index (χ4n) is 2.64. The van der Waals surface area contributed by atoms with Gasteiger partial charge in [-0.2, -0.15) is 0 Å². The summed E-state index contributed by atoms with van der Waals surface area (Å²) in [5.74, 6) is -0.154. The van der Waals surface area contributed by atoms with Crippen LogP contribution in [-0.4, -0.2) is 11.9 Å². The second-order valence-corrected chi connectivity index (χ2v) is 5.49. The van der Waals surface area contributed by atoms with Crippen LogP contribution in [0.4, 0.5) is 4.39 Å². The molecule has 0 heterocycles. The molecule has 1 aromatic carbocycles. The summed E-state index contributed by atoms with van der Waals surface area (Å²) in [5, 5.41) is 2.99. The minimum atomic E-state index is -0.281. The average molecular weight is 277 g/mol. The fraction of sp³-hybridized carbons (Fsp3) is 0.438. The van der Waals surface area contributed by atoms with Crippen LogP contribution in [0.1, 0.15) is 37.3 Å². The molecule has 0 unspecified atom stereocenters. The second kappa shape index (κ2) is 6.66. The van der Waals surface area contributed by atoms with Crippen LogP contribution in [0.15, 0.2) is 36.9 Å². The van der Waals surface area contributed by atoms with Crippen LogP contribution in [0.25, 0.3) is 0 Å². The molecule has 3 nitrogen and oxygen atoms in total. The maximum absolute atomic E-state index is 12.9. The van der Waals surface area contributed by atoms with Crippen LogP contribution in [0, 0.1) is 11.7 Å². The monoisotopic (exact) mass is 277 g/mol. The molecule has 1 aromatic rings.